The number of hydrogen-bond acceptors (Lipinski definition) is 4. The standard InChI is InChI=1S/C22H27NO4/c1-26-22(25)20(16-18-10-4-2-5-11-18)23-21(24)14-8-9-15-27-17-19-12-6-3-7-13-19/h2-7,10-13,20H,8-9,14-17H2,1H3,(H,23,24)/t20-/m1/s1. The number of rotatable bonds is 11. The van der Waals surface area contributed by atoms with E-state index in [1.54, 1.807) is 0 Å². The minimum Gasteiger partial charge on any atom is -0.467 e. The predicted octanol–water partition coefficient (Wildman–Crippen LogP) is 3.27. The maximum absolute atomic E-state index is 12.2. The molecule has 0 fully saturated rings. The van der Waals surface area contributed by atoms with E-state index < -0.39 is 12.0 Å². The van der Waals surface area contributed by atoms with Crippen LogP contribution in [0, 0.1) is 0 Å². The fraction of sp³-hybridized carbons (Fsp3) is 0.364. The Bertz CT molecular complexity index is 688. The molecular formula is C22H27NO4. The molecule has 0 unspecified atom stereocenters. The molecule has 2 aromatic rings. The van der Waals surface area contributed by atoms with Crippen molar-refractivity contribution in [1.29, 1.82) is 0 Å². The van der Waals surface area contributed by atoms with Crippen molar-refractivity contribution in [1.82, 2.24) is 5.32 Å². The molecule has 0 radical (unpaired) electrons. The minimum absolute atomic E-state index is 0.149. The van der Waals surface area contributed by atoms with Crippen LogP contribution in [0.25, 0.3) is 0 Å². The van der Waals surface area contributed by atoms with Gasteiger partial charge in [0.15, 0.2) is 0 Å². The number of carbonyl (C=O) groups is 2. The molecule has 0 saturated heterocycles. The summed E-state index contributed by atoms with van der Waals surface area (Å²) in [7, 11) is 1.33. The average Bonchev–Trinajstić information content (AvgIpc) is 2.71. The largest absolute Gasteiger partial charge is 0.467 e. The van der Waals surface area contributed by atoms with Gasteiger partial charge in [0.05, 0.1) is 13.7 Å². The lowest BCUT2D eigenvalue weighted by Crippen LogP contribution is -2.43. The number of unbranched alkanes of at least 4 members (excludes halogenated alkanes) is 1. The van der Waals surface area contributed by atoms with Gasteiger partial charge < -0.3 is 14.8 Å². The zero-order valence-electron chi connectivity index (χ0n) is 15.7. The van der Waals surface area contributed by atoms with Crippen LogP contribution in [0.15, 0.2) is 60.7 Å². The Morgan fingerprint density at radius 3 is 2.19 bits per heavy atom. The summed E-state index contributed by atoms with van der Waals surface area (Å²) in [4.78, 5) is 24.1. The van der Waals surface area contributed by atoms with E-state index >= 15 is 0 Å². The van der Waals surface area contributed by atoms with E-state index in [9.17, 15) is 9.59 Å². The number of nitrogens with one attached hydrogen (secondary N) is 1. The molecule has 0 aliphatic rings. The molecule has 0 bridgehead atoms. The number of methoxy groups -OCH3 is 1. The molecular weight excluding hydrogens is 342 g/mol. The second kappa shape index (κ2) is 11.9. The number of benzene rings is 2. The summed E-state index contributed by atoms with van der Waals surface area (Å²) in [6, 6.07) is 18.9. The van der Waals surface area contributed by atoms with E-state index in [-0.39, 0.29) is 5.91 Å². The Kier molecular flexibility index (Phi) is 9.07. The van der Waals surface area contributed by atoms with Gasteiger partial charge in [0, 0.05) is 19.4 Å². The molecule has 0 saturated carbocycles. The topological polar surface area (TPSA) is 64.6 Å². The van der Waals surface area contributed by atoms with Crippen LogP contribution >= 0.6 is 0 Å². The third-order valence-electron chi connectivity index (χ3n) is 4.16. The number of esters is 1. The van der Waals surface area contributed by atoms with Crippen molar-refractivity contribution < 1.29 is 19.1 Å². The van der Waals surface area contributed by atoms with Crippen LogP contribution in [0.3, 0.4) is 0 Å². The summed E-state index contributed by atoms with van der Waals surface area (Å²) < 4.78 is 10.4. The van der Waals surface area contributed by atoms with E-state index in [1.807, 2.05) is 60.7 Å². The highest BCUT2D eigenvalue weighted by Gasteiger charge is 2.21. The molecule has 2 rings (SSSR count). The van der Waals surface area contributed by atoms with Crippen LogP contribution in [0.5, 0.6) is 0 Å². The van der Waals surface area contributed by atoms with Crippen LogP contribution in [0.2, 0.25) is 0 Å². The van der Waals surface area contributed by atoms with Crippen molar-refractivity contribution in [3.05, 3.63) is 71.8 Å². The lowest BCUT2D eigenvalue weighted by atomic mass is 10.1. The SMILES string of the molecule is COC(=O)[C@@H](Cc1ccccc1)NC(=O)CCCCOCc1ccccc1. The summed E-state index contributed by atoms with van der Waals surface area (Å²) in [5.41, 5.74) is 2.11. The maximum atomic E-state index is 12.2. The predicted molar refractivity (Wildman–Crippen MR) is 104 cm³/mol. The van der Waals surface area contributed by atoms with Crippen molar-refractivity contribution in [3.63, 3.8) is 0 Å². The van der Waals surface area contributed by atoms with Crippen LogP contribution in [0.1, 0.15) is 30.4 Å². The molecule has 0 aliphatic carbocycles. The van der Waals surface area contributed by atoms with Crippen molar-refractivity contribution >= 4 is 11.9 Å². The Hall–Kier alpha value is -2.66. The molecule has 0 aromatic heterocycles. The maximum Gasteiger partial charge on any atom is 0.328 e. The van der Waals surface area contributed by atoms with Crippen LogP contribution in [-0.4, -0.2) is 31.6 Å². The van der Waals surface area contributed by atoms with E-state index in [0.717, 1.165) is 17.5 Å². The zero-order chi connectivity index (χ0) is 19.3. The van der Waals surface area contributed by atoms with Crippen molar-refractivity contribution in [2.45, 2.75) is 38.3 Å². The average molecular weight is 369 g/mol. The quantitative estimate of drug-likeness (QED) is 0.488. The molecule has 1 N–H and O–H groups in total. The summed E-state index contributed by atoms with van der Waals surface area (Å²) in [5, 5.41) is 2.78. The summed E-state index contributed by atoms with van der Waals surface area (Å²) in [6.45, 7) is 1.18. The first kappa shape index (κ1) is 20.6. The fourth-order valence-electron chi connectivity index (χ4n) is 2.71. The highest BCUT2D eigenvalue weighted by molar-refractivity contribution is 5.84. The van der Waals surface area contributed by atoms with E-state index in [0.29, 0.717) is 32.5 Å². The second-order valence-corrected chi connectivity index (χ2v) is 6.33. The molecule has 1 amide bonds. The summed E-state index contributed by atoms with van der Waals surface area (Å²) in [5.74, 6) is -0.581. The first-order valence-electron chi connectivity index (χ1n) is 9.22. The molecule has 0 heterocycles. The molecule has 5 heteroatoms. The van der Waals surface area contributed by atoms with Crippen molar-refractivity contribution in [2.24, 2.45) is 0 Å². The Morgan fingerprint density at radius 2 is 1.56 bits per heavy atom. The molecule has 144 valence electrons. The highest BCUT2D eigenvalue weighted by atomic mass is 16.5. The summed E-state index contributed by atoms with van der Waals surface area (Å²) >= 11 is 0. The fourth-order valence-corrected chi connectivity index (χ4v) is 2.71. The number of amides is 1. The first-order valence-corrected chi connectivity index (χ1v) is 9.22. The zero-order valence-corrected chi connectivity index (χ0v) is 15.7. The Labute approximate surface area is 160 Å². The Balaban J connectivity index is 1.66. The molecule has 0 aliphatic heterocycles. The third kappa shape index (κ3) is 8.05. The van der Waals surface area contributed by atoms with Crippen molar-refractivity contribution in [3.8, 4) is 0 Å². The number of carbonyl (C=O) groups excluding carboxylic acids is 2. The second-order valence-electron chi connectivity index (χ2n) is 6.33. The first-order chi connectivity index (χ1) is 13.2. The van der Waals surface area contributed by atoms with Gasteiger partial charge in [0.25, 0.3) is 0 Å². The molecule has 27 heavy (non-hydrogen) atoms. The van der Waals surface area contributed by atoms with Gasteiger partial charge in [-0.15, -0.1) is 0 Å². The third-order valence-corrected chi connectivity index (χ3v) is 4.16. The smallest absolute Gasteiger partial charge is 0.328 e. The number of ether oxygens (including phenoxy) is 2. The molecule has 5 nitrogen and oxygen atoms in total. The number of hydrogen-bond donors (Lipinski definition) is 1. The van der Waals surface area contributed by atoms with Gasteiger partial charge in [-0.05, 0) is 24.0 Å². The monoisotopic (exact) mass is 369 g/mol. The lowest BCUT2D eigenvalue weighted by molar-refractivity contribution is -0.145. The van der Waals surface area contributed by atoms with Gasteiger partial charge in [-0.1, -0.05) is 60.7 Å². The van der Waals surface area contributed by atoms with Crippen LogP contribution in [-0.2, 0) is 32.1 Å². The van der Waals surface area contributed by atoms with Crippen molar-refractivity contribution in [2.75, 3.05) is 13.7 Å². The molecule has 0 spiro atoms. The molecule has 2 aromatic carbocycles. The summed E-state index contributed by atoms with van der Waals surface area (Å²) in [6.07, 6.45) is 2.28. The normalized spacial score (nSPS) is 11.6. The van der Waals surface area contributed by atoms with Gasteiger partial charge in [-0.2, -0.15) is 0 Å². The van der Waals surface area contributed by atoms with E-state index in [2.05, 4.69) is 5.32 Å². The van der Waals surface area contributed by atoms with Crippen LogP contribution < -0.4 is 5.32 Å². The van der Waals surface area contributed by atoms with E-state index in [4.69, 9.17) is 9.47 Å². The van der Waals surface area contributed by atoms with Gasteiger partial charge >= 0.3 is 5.97 Å². The molecule has 1 atom stereocenters. The van der Waals surface area contributed by atoms with Gasteiger partial charge in [0.2, 0.25) is 5.91 Å². The lowest BCUT2D eigenvalue weighted by Gasteiger charge is -2.16. The van der Waals surface area contributed by atoms with Crippen LogP contribution in [0.4, 0.5) is 0 Å². The highest BCUT2D eigenvalue weighted by Crippen LogP contribution is 2.06. The minimum atomic E-state index is -0.667. The van der Waals surface area contributed by atoms with Gasteiger partial charge in [-0.25, -0.2) is 4.79 Å². The van der Waals surface area contributed by atoms with Gasteiger partial charge in [-0.3, -0.25) is 4.79 Å². The Morgan fingerprint density at radius 1 is 0.926 bits per heavy atom. The van der Waals surface area contributed by atoms with Gasteiger partial charge in [0.1, 0.15) is 6.04 Å². The van der Waals surface area contributed by atoms with E-state index in [1.165, 1.54) is 7.11 Å².